The highest BCUT2D eigenvalue weighted by molar-refractivity contribution is 8.19. The Labute approximate surface area is 158 Å². The summed E-state index contributed by atoms with van der Waals surface area (Å²) in [7, 11) is 1.22. The second-order valence-electron chi connectivity index (χ2n) is 5.16. The van der Waals surface area contributed by atoms with Crippen LogP contribution in [0.5, 0.6) is 0 Å². The van der Waals surface area contributed by atoms with E-state index in [0.29, 0.717) is 5.69 Å². The average Bonchev–Trinajstić information content (AvgIpc) is 3.02. The summed E-state index contributed by atoms with van der Waals surface area (Å²) in [5, 5.41) is 4.24. The molecule has 27 heavy (non-hydrogen) atoms. The molecule has 1 aromatic carbocycles. The molecule has 3 rings (SSSR count). The van der Waals surface area contributed by atoms with Crippen molar-refractivity contribution in [3.63, 3.8) is 0 Å². The van der Waals surface area contributed by atoms with Crippen molar-refractivity contribution < 1.29 is 19.1 Å². The second-order valence-corrected chi connectivity index (χ2v) is 6.17. The van der Waals surface area contributed by atoms with Gasteiger partial charge in [0.1, 0.15) is 5.69 Å². The Morgan fingerprint density at radius 2 is 1.93 bits per heavy atom. The number of thioether (sulfide) groups is 1. The quantitative estimate of drug-likeness (QED) is 0.493. The smallest absolute Gasteiger partial charge is 0.331 e. The molecule has 1 aromatic heterocycles. The summed E-state index contributed by atoms with van der Waals surface area (Å²) < 4.78 is 4.58. The zero-order valence-corrected chi connectivity index (χ0v) is 15.0. The van der Waals surface area contributed by atoms with Crippen LogP contribution in [-0.4, -0.2) is 35.0 Å². The van der Waals surface area contributed by atoms with Gasteiger partial charge in [0.15, 0.2) is 5.17 Å². The first kappa shape index (κ1) is 18.3. The zero-order valence-electron chi connectivity index (χ0n) is 14.2. The van der Waals surface area contributed by atoms with Crippen LogP contribution in [0, 0.1) is 0 Å². The molecule has 8 nitrogen and oxygen atoms in total. The average molecular weight is 382 g/mol. The minimum Gasteiger partial charge on any atom is -0.466 e. The number of aromatic nitrogens is 1. The molecule has 2 aromatic rings. The minimum atomic E-state index is -0.655. The maximum atomic E-state index is 12.7. The van der Waals surface area contributed by atoms with Gasteiger partial charge in [0, 0.05) is 12.3 Å². The molecule has 0 aliphatic carbocycles. The number of hydrogen-bond acceptors (Lipinski definition) is 7. The summed E-state index contributed by atoms with van der Waals surface area (Å²) in [6, 6.07) is 13.7. The fourth-order valence-corrected chi connectivity index (χ4v) is 3.07. The molecular weight excluding hydrogens is 368 g/mol. The Hall–Kier alpha value is -3.46. The number of nitrogens with one attached hydrogen (secondary N) is 1. The third-order valence-corrected chi connectivity index (χ3v) is 4.39. The number of amides is 2. The maximum Gasteiger partial charge on any atom is 0.331 e. The number of amidine groups is 1. The van der Waals surface area contributed by atoms with Gasteiger partial charge in [0.25, 0.3) is 11.8 Å². The van der Waals surface area contributed by atoms with E-state index in [2.05, 4.69) is 20.2 Å². The van der Waals surface area contributed by atoms with Crippen LogP contribution in [0.25, 0.3) is 0 Å². The van der Waals surface area contributed by atoms with E-state index in [1.165, 1.54) is 18.2 Å². The van der Waals surface area contributed by atoms with Crippen LogP contribution in [0.4, 0.5) is 5.69 Å². The van der Waals surface area contributed by atoms with Gasteiger partial charge in [-0.25, -0.2) is 10.2 Å². The van der Waals surface area contributed by atoms with Gasteiger partial charge >= 0.3 is 5.97 Å². The molecule has 1 aliphatic rings. The van der Waals surface area contributed by atoms with Crippen molar-refractivity contribution in [1.82, 2.24) is 10.4 Å². The van der Waals surface area contributed by atoms with Crippen LogP contribution in [-0.2, 0) is 14.3 Å². The zero-order chi connectivity index (χ0) is 19.2. The van der Waals surface area contributed by atoms with Crippen LogP contribution >= 0.6 is 11.8 Å². The lowest BCUT2D eigenvalue weighted by atomic mass is 10.3. The number of pyridine rings is 1. The number of para-hydroxylation sites is 1. The molecule has 0 unspecified atom stereocenters. The largest absolute Gasteiger partial charge is 0.466 e. The first-order valence-corrected chi connectivity index (χ1v) is 8.58. The van der Waals surface area contributed by atoms with Crippen molar-refractivity contribution in [1.29, 1.82) is 0 Å². The van der Waals surface area contributed by atoms with Gasteiger partial charge in [-0.15, -0.1) is 5.10 Å². The van der Waals surface area contributed by atoms with Gasteiger partial charge in [0.2, 0.25) is 0 Å². The van der Waals surface area contributed by atoms with Crippen molar-refractivity contribution in [3.8, 4) is 0 Å². The van der Waals surface area contributed by atoms with Crippen LogP contribution < -0.4 is 10.3 Å². The number of hydrazone groups is 1. The first-order valence-electron chi connectivity index (χ1n) is 7.76. The van der Waals surface area contributed by atoms with Gasteiger partial charge in [-0.2, -0.15) is 0 Å². The molecular formula is C18H14N4O4S. The fraction of sp³-hybridized carbons (Fsp3) is 0.0556. The number of methoxy groups -OCH3 is 1. The highest BCUT2D eigenvalue weighted by atomic mass is 32.2. The van der Waals surface area contributed by atoms with Gasteiger partial charge in [0.05, 0.1) is 17.7 Å². The van der Waals surface area contributed by atoms with Gasteiger partial charge in [-0.05, 0) is 36.0 Å². The van der Waals surface area contributed by atoms with Crippen molar-refractivity contribution >= 4 is 40.4 Å². The monoisotopic (exact) mass is 382 g/mol. The number of carbonyl (C=O) groups excluding carboxylic acids is 3. The van der Waals surface area contributed by atoms with Crippen LogP contribution in [0.2, 0.25) is 0 Å². The number of ether oxygens (including phenoxy) is 1. The van der Waals surface area contributed by atoms with E-state index >= 15 is 0 Å². The topological polar surface area (TPSA) is 101 Å². The standard InChI is InChI=1S/C18H14N4O4S/c1-26-15(23)11-14-17(25)22(12-7-3-2-4-8-12)18(27-14)21-20-16(24)13-9-5-6-10-19-13/h2-11H,1H3,(H,20,24)/b14-11-,21-18-. The summed E-state index contributed by atoms with van der Waals surface area (Å²) in [6.45, 7) is 0. The van der Waals surface area contributed by atoms with E-state index in [0.717, 1.165) is 17.8 Å². The Kier molecular flexibility index (Phi) is 5.62. The van der Waals surface area contributed by atoms with Crippen LogP contribution in [0.3, 0.4) is 0 Å². The number of anilines is 1. The maximum absolute atomic E-state index is 12.7. The molecule has 1 fully saturated rings. The molecule has 0 radical (unpaired) electrons. The van der Waals surface area contributed by atoms with Crippen molar-refractivity contribution in [2.45, 2.75) is 0 Å². The summed E-state index contributed by atoms with van der Waals surface area (Å²) in [4.78, 5) is 41.7. The van der Waals surface area contributed by atoms with E-state index in [1.807, 2.05) is 6.07 Å². The lowest BCUT2D eigenvalue weighted by Crippen LogP contribution is -2.31. The van der Waals surface area contributed by atoms with Crippen LogP contribution in [0.1, 0.15) is 10.5 Å². The molecule has 0 bridgehead atoms. The Balaban J connectivity index is 1.90. The highest BCUT2D eigenvalue weighted by Gasteiger charge is 2.35. The molecule has 1 aliphatic heterocycles. The second kappa shape index (κ2) is 8.28. The van der Waals surface area contributed by atoms with E-state index in [4.69, 9.17) is 0 Å². The predicted octanol–water partition coefficient (Wildman–Crippen LogP) is 1.92. The fourth-order valence-electron chi connectivity index (χ4n) is 2.17. The van der Waals surface area contributed by atoms with E-state index in [9.17, 15) is 14.4 Å². The first-order chi connectivity index (χ1) is 13.1. The summed E-state index contributed by atoms with van der Waals surface area (Å²) in [6.07, 6.45) is 2.58. The molecule has 0 spiro atoms. The van der Waals surface area contributed by atoms with Crippen LogP contribution in [0.15, 0.2) is 70.8 Å². The molecule has 2 amide bonds. The SMILES string of the molecule is COC(=O)/C=C1\S/C(=N\NC(=O)c2ccccn2)N(c2ccccc2)C1=O. The lowest BCUT2D eigenvalue weighted by Gasteiger charge is -2.15. The molecule has 0 atom stereocenters. The predicted molar refractivity (Wildman–Crippen MR) is 101 cm³/mol. The molecule has 1 N–H and O–H groups in total. The van der Waals surface area contributed by atoms with E-state index in [-0.39, 0.29) is 15.8 Å². The summed E-state index contributed by atoms with van der Waals surface area (Å²) >= 11 is 0.954. The molecule has 9 heteroatoms. The Morgan fingerprint density at radius 1 is 1.19 bits per heavy atom. The molecule has 2 heterocycles. The Morgan fingerprint density at radius 3 is 2.59 bits per heavy atom. The third kappa shape index (κ3) is 4.21. The number of esters is 1. The number of hydrogen-bond donors (Lipinski definition) is 1. The van der Waals surface area contributed by atoms with Crippen molar-refractivity contribution in [3.05, 3.63) is 71.4 Å². The van der Waals surface area contributed by atoms with E-state index < -0.39 is 17.8 Å². The number of benzene rings is 1. The van der Waals surface area contributed by atoms with Gasteiger partial charge < -0.3 is 4.74 Å². The normalized spacial score (nSPS) is 16.6. The summed E-state index contributed by atoms with van der Waals surface area (Å²) in [5.41, 5.74) is 3.12. The lowest BCUT2D eigenvalue weighted by molar-refractivity contribution is -0.135. The van der Waals surface area contributed by atoms with Crippen molar-refractivity contribution in [2.24, 2.45) is 5.10 Å². The highest BCUT2D eigenvalue weighted by Crippen LogP contribution is 2.34. The number of rotatable bonds is 4. The van der Waals surface area contributed by atoms with Gasteiger partial charge in [-0.3, -0.25) is 19.5 Å². The summed E-state index contributed by atoms with van der Waals surface area (Å²) in [5.74, 6) is -1.62. The molecule has 136 valence electrons. The molecule has 0 saturated carbocycles. The third-order valence-electron chi connectivity index (χ3n) is 3.42. The van der Waals surface area contributed by atoms with E-state index in [1.54, 1.807) is 42.5 Å². The Bertz CT molecular complexity index is 929. The number of nitrogens with zero attached hydrogens (tertiary/aromatic N) is 3. The minimum absolute atomic E-state index is 0.136. The molecule has 1 saturated heterocycles. The van der Waals surface area contributed by atoms with Gasteiger partial charge in [-0.1, -0.05) is 24.3 Å². The van der Waals surface area contributed by atoms with Crippen molar-refractivity contribution in [2.75, 3.05) is 12.0 Å². The number of carbonyl (C=O) groups is 3.